The van der Waals surface area contributed by atoms with Gasteiger partial charge in [0.2, 0.25) is 11.8 Å². The fraction of sp³-hybridized carbons (Fsp3) is 0.389. The molecule has 1 aromatic carbocycles. The fourth-order valence-electron chi connectivity index (χ4n) is 2.97. The van der Waals surface area contributed by atoms with Gasteiger partial charge in [-0.05, 0) is 25.1 Å². The Kier molecular flexibility index (Phi) is 4.58. The molecular weight excluding hydrogens is 318 g/mol. The highest BCUT2D eigenvalue weighted by Gasteiger charge is 2.22. The van der Waals surface area contributed by atoms with Gasteiger partial charge in [0, 0.05) is 31.0 Å². The Morgan fingerprint density at radius 1 is 1.20 bits per heavy atom. The molecule has 1 atom stereocenters. The first-order valence-electron chi connectivity index (χ1n) is 8.47. The van der Waals surface area contributed by atoms with Gasteiger partial charge in [-0.3, -0.25) is 9.58 Å². The molecular formula is C18H21N5O2. The second-order valence-corrected chi connectivity index (χ2v) is 6.32. The van der Waals surface area contributed by atoms with E-state index in [1.807, 2.05) is 41.2 Å². The first-order valence-corrected chi connectivity index (χ1v) is 8.47. The first kappa shape index (κ1) is 16.0. The van der Waals surface area contributed by atoms with Crippen molar-refractivity contribution in [3.8, 4) is 11.5 Å². The number of rotatable bonds is 5. The highest BCUT2D eigenvalue weighted by Crippen LogP contribution is 2.19. The molecule has 7 heteroatoms. The summed E-state index contributed by atoms with van der Waals surface area (Å²) in [4.78, 5) is 2.28. The van der Waals surface area contributed by atoms with E-state index >= 15 is 0 Å². The molecule has 3 aromatic rings. The van der Waals surface area contributed by atoms with Crippen LogP contribution in [0.2, 0.25) is 0 Å². The summed E-state index contributed by atoms with van der Waals surface area (Å²) in [6.45, 7) is 5.83. The minimum absolute atomic E-state index is 0.119. The van der Waals surface area contributed by atoms with Crippen molar-refractivity contribution in [1.29, 1.82) is 0 Å². The van der Waals surface area contributed by atoms with Crippen molar-refractivity contribution < 1.29 is 9.15 Å². The van der Waals surface area contributed by atoms with Crippen LogP contribution in [-0.4, -0.2) is 50.7 Å². The summed E-state index contributed by atoms with van der Waals surface area (Å²) in [5, 5.41) is 12.6. The molecule has 1 fully saturated rings. The van der Waals surface area contributed by atoms with Crippen LogP contribution in [0.15, 0.2) is 47.1 Å². The Balaban J connectivity index is 1.37. The van der Waals surface area contributed by atoms with Crippen LogP contribution in [0, 0.1) is 6.92 Å². The van der Waals surface area contributed by atoms with E-state index < -0.39 is 0 Å². The topological polar surface area (TPSA) is 69.2 Å². The van der Waals surface area contributed by atoms with E-state index in [2.05, 4.69) is 27.1 Å². The van der Waals surface area contributed by atoms with Crippen molar-refractivity contribution in [3.63, 3.8) is 0 Å². The normalized spacial score (nSPS) is 18.5. The minimum Gasteiger partial charge on any atom is -0.419 e. The summed E-state index contributed by atoms with van der Waals surface area (Å²) < 4.78 is 13.6. The number of morpholine rings is 1. The Morgan fingerprint density at radius 2 is 2.08 bits per heavy atom. The van der Waals surface area contributed by atoms with E-state index in [9.17, 15) is 0 Å². The molecule has 2 aromatic heterocycles. The quantitative estimate of drug-likeness (QED) is 0.709. The molecule has 0 radical (unpaired) electrons. The van der Waals surface area contributed by atoms with Gasteiger partial charge >= 0.3 is 0 Å². The maximum absolute atomic E-state index is 5.84. The van der Waals surface area contributed by atoms with Gasteiger partial charge in [-0.15, -0.1) is 10.2 Å². The number of aryl methyl sites for hydroxylation is 1. The molecule has 0 amide bonds. The van der Waals surface area contributed by atoms with E-state index in [-0.39, 0.29) is 6.10 Å². The smallest absolute Gasteiger partial charge is 0.247 e. The lowest BCUT2D eigenvalue weighted by Crippen LogP contribution is -2.43. The van der Waals surface area contributed by atoms with E-state index in [0.29, 0.717) is 24.9 Å². The van der Waals surface area contributed by atoms with Gasteiger partial charge < -0.3 is 9.15 Å². The zero-order valence-corrected chi connectivity index (χ0v) is 14.2. The van der Waals surface area contributed by atoms with Crippen LogP contribution in [-0.2, 0) is 17.8 Å². The third-order valence-corrected chi connectivity index (χ3v) is 4.30. The van der Waals surface area contributed by atoms with Crippen LogP contribution in [0.3, 0.4) is 0 Å². The maximum Gasteiger partial charge on any atom is 0.247 e. The zero-order chi connectivity index (χ0) is 17.1. The van der Waals surface area contributed by atoms with Gasteiger partial charge in [0.25, 0.3) is 0 Å². The average Bonchev–Trinajstić information content (AvgIpc) is 3.28. The van der Waals surface area contributed by atoms with Crippen LogP contribution in [0.25, 0.3) is 11.5 Å². The van der Waals surface area contributed by atoms with Crippen LogP contribution in [0.5, 0.6) is 0 Å². The Hall–Kier alpha value is -2.51. The number of nitrogens with zero attached hydrogens (tertiary/aromatic N) is 5. The lowest BCUT2D eigenvalue weighted by molar-refractivity contribution is -0.0422. The van der Waals surface area contributed by atoms with E-state index in [0.717, 1.165) is 25.2 Å². The summed E-state index contributed by atoms with van der Waals surface area (Å²) in [7, 11) is 0. The van der Waals surface area contributed by atoms with E-state index in [4.69, 9.17) is 9.15 Å². The number of benzene rings is 1. The predicted octanol–water partition coefficient (Wildman–Crippen LogP) is 2.14. The van der Waals surface area contributed by atoms with E-state index in [1.165, 1.54) is 5.56 Å². The number of hydrogen-bond donors (Lipinski definition) is 0. The summed E-state index contributed by atoms with van der Waals surface area (Å²) in [5.41, 5.74) is 2.16. The number of aromatic nitrogens is 4. The van der Waals surface area contributed by atoms with Crippen LogP contribution in [0.4, 0.5) is 0 Å². The largest absolute Gasteiger partial charge is 0.419 e. The maximum atomic E-state index is 5.84. The summed E-state index contributed by atoms with van der Waals surface area (Å²) in [5.74, 6) is 1.20. The van der Waals surface area contributed by atoms with Crippen molar-refractivity contribution in [2.45, 2.75) is 26.1 Å². The second kappa shape index (κ2) is 7.16. The Bertz CT molecular complexity index is 797. The molecule has 7 nitrogen and oxygen atoms in total. The monoisotopic (exact) mass is 339 g/mol. The SMILES string of the molecule is Cc1ccc(-c2nnc(CN3CCOC(Cn4cccn4)C3)o2)cc1. The molecule has 4 rings (SSSR count). The highest BCUT2D eigenvalue weighted by atomic mass is 16.5. The summed E-state index contributed by atoms with van der Waals surface area (Å²) in [6.07, 6.45) is 3.85. The van der Waals surface area contributed by atoms with E-state index in [1.54, 1.807) is 6.20 Å². The van der Waals surface area contributed by atoms with Gasteiger partial charge in [0.05, 0.1) is 25.8 Å². The summed E-state index contributed by atoms with van der Waals surface area (Å²) >= 11 is 0. The van der Waals surface area contributed by atoms with Crippen molar-refractivity contribution in [3.05, 3.63) is 54.2 Å². The lowest BCUT2D eigenvalue weighted by Gasteiger charge is -2.31. The zero-order valence-electron chi connectivity index (χ0n) is 14.2. The van der Waals surface area contributed by atoms with Gasteiger partial charge in [0.1, 0.15) is 0 Å². The number of ether oxygens (including phenoxy) is 1. The van der Waals surface area contributed by atoms with Crippen LogP contribution in [0.1, 0.15) is 11.5 Å². The molecule has 130 valence electrons. The third kappa shape index (κ3) is 3.94. The molecule has 0 N–H and O–H groups in total. The average molecular weight is 339 g/mol. The fourth-order valence-corrected chi connectivity index (χ4v) is 2.97. The Labute approximate surface area is 146 Å². The molecule has 0 aliphatic carbocycles. The Morgan fingerprint density at radius 3 is 2.88 bits per heavy atom. The van der Waals surface area contributed by atoms with Crippen molar-refractivity contribution in [1.82, 2.24) is 24.9 Å². The standard InChI is InChI=1S/C18H21N5O2/c1-14-3-5-15(6-4-14)18-21-20-17(25-18)13-22-9-10-24-16(11-22)12-23-8-2-7-19-23/h2-8,16H,9-13H2,1H3. The molecule has 1 saturated heterocycles. The van der Waals surface area contributed by atoms with Crippen LogP contribution < -0.4 is 0 Å². The van der Waals surface area contributed by atoms with Crippen molar-refractivity contribution >= 4 is 0 Å². The lowest BCUT2D eigenvalue weighted by atomic mass is 10.1. The van der Waals surface area contributed by atoms with Gasteiger partial charge in [-0.2, -0.15) is 5.10 Å². The predicted molar refractivity (Wildman–Crippen MR) is 91.7 cm³/mol. The number of hydrogen-bond acceptors (Lipinski definition) is 6. The molecule has 1 aliphatic heterocycles. The van der Waals surface area contributed by atoms with Crippen molar-refractivity contribution in [2.24, 2.45) is 0 Å². The highest BCUT2D eigenvalue weighted by molar-refractivity contribution is 5.52. The van der Waals surface area contributed by atoms with Crippen LogP contribution >= 0.6 is 0 Å². The molecule has 3 heterocycles. The molecule has 0 saturated carbocycles. The van der Waals surface area contributed by atoms with Crippen molar-refractivity contribution in [2.75, 3.05) is 19.7 Å². The molecule has 1 aliphatic rings. The minimum atomic E-state index is 0.119. The third-order valence-electron chi connectivity index (χ3n) is 4.30. The molecule has 1 unspecified atom stereocenters. The van der Waals surface area contributed by atoms with Gasteiger partial charge in [-0.1, -0.05) is 17.7 Å². The molecule has 0 bridgehead atoms. The van der Waals surface area contributed by atoms with Gasteiger partial charge in [0.15, 0.2) is 0 Å². The summed E-state index contributed by atoms with van der Waals surface area (Å²) in [6, 6.07) is 10.0. The molecule has 25 heavy (non-hydrogen) atoms. The second-order valence-electron chi connectivity index (χ2n) is 6.32. The first-order chi connectivity index (χ1) is 12.3. The van der Waals surface area contributed by atoms with Gasteiger partial charge in [-0.25, -0.2) is 0 Å². The molecule has 0 spiro atoms.